The molecule has 3 aromatic rings. The number of nitrogens with one attached hydrogen (secondary N) is 2. The Bertz CT molecular complexity index is 1070. The van der Waals surface area contributed by atoms with E-state index in [4.69, 9.17) is 0 Å². The molecule has 1 spiro atoms. The summed E-state index contributed by atoms with van der Waals surface area (Å²) in [5.41, 5.74) is 7.08. The predicted molar refractivity (Wildman–Crippen MR) is 103 cm³/mol. The number of hydrogen-bond acceptors (Lipinski definition) is 4. The second-order valence-corrected chi connectivity index (χ2v) is 7.55. The topological polar surface area (TPSA) is 53.5 Å². The van der Waals surface area contributed by atoms with Crippen LogP contribution in [-0.4, -0.2) is 11.0 Å². The molecule has 0 aliphatic carbocycles. The summed E-state index contributed by atoms with van der Waals surface area (Å²) in [4.78, 5) is 11.9. The van der Waals surface area contributed by atoms with Crippen molar-refractivity contribution in [3.05, 3.63) is 77.4 Å². The van der Waals surface area contributed by atoms with E-state index in [2.05, 4.69) is 46.2 Å². The third-order valence-corrected chi connectivity index (χ3v) is 6.01. The van der Waals surface area contributed by atoms with Crippen molar-refractivity contribution in [2.24, 2.45) is 5.10 Å². The number of amides is 1. The summed E-state index contributed by atoms with van der Waals surface area (Å²) < 4.78 is 0. The molecule has 5 rings (SSSR count). The minimum Gasteiger partial charge on any atom is -0.323 e. The molecule has 3 aromatic carbocycles. The third kappa shape index (κ3) is 2.02. The Morgan fingerprint density at radius 2 is 1.88 bits per heavy atom. The normalized spacial score (nSPS) is 21.2. The number of aryl methyl sites for hydroxylation is 1. The quantitative estimate of drug-likeness (QED) is 0.702. The van der Waals surface area contributed by atoms with Crippen LogP contribution in [0.25, 0.3) is 10.8 Å². The van der Waals surface area contributed by atoms with Crippen molar-refractivity contribution in [2.75, 3.05) is 5.32 Å². The number of carbonyl (C=O) groups excluding carboxylic acids is 1. The number of anilines is 1. The fourth-order valence-corrected chi connectivity index (χ4v) is 4.63. The Kier molecular flexibility index (Phi) is 2.97. The van der Waals surface area contributed by atoms with Crippen LogP contribution in [0.1, 0.15) is 16.7 Å². The number of hydrazone groups is 1. The van der Waals surface area contributed by atoms with Crippen molar-refractivity contribution in [2.45, 2.75) is 11.8 Å². The van der Waals surface area contributed by atoms with Gasteiger partial charge in [0, 0.05) is 16.8 Å². The highest BCUT2D eigenvalue weighted by atomic mass is 32.2. The van der Waals surface area contributed by atoms with Gasteiger partial charge in [0.05, 0.1) is 0 Å². The number of nitrogens with zero attached hydrogens (tertiary/aromatic N) is 1. The zero-order chi connectivity index (χ0) is 17.0. The second-order valence-electron chi connectivity index (χ2n) is 6.34. The van der Waals surface area contributed by atoms with E-state index in [0.29, 0.717) is 0 Å². The fraction of sp³-hybridized carbons (Fsp3) is 0.100. The molecule has 5 heteroatoms. The van der Waals surface area contributed by atoms with E-state index in [1.807, 2.05) is 37.3 Å². The summed E-state index contributed by atoms with van der Waals surface area (Å²) >= 11 is 1.47. The Balaban J connectivity index is 1.61. The molecule has 2 heterocycles. The summed E-state index contributed by atoms with van der Waals surface area (Å²) in [5, 5.41) is 10.6. The van der Waals surface area contributed by atoms with E-state index in [1.54, 1.807) is 0 Å². The van der Waals surface area contributed by atoms with Crippen molar-refractivity contribution in [3.63, 3.8) is 0 Å². The van der Waals surface area contributed by atoms with E-state index in [9.17, 15) is 4.79 Å². The van der Waals surface area contributed by atoms with Crippen LogP contribution >= 0.6 is 11.8 Å². The number of carbonyl (C=O) groups is 1. The van der Waals surface area contributed by atoms with Gasteiger partial charge in [-0.15, -0.1) is 0 Å². The maximum Gasteiger partial charge on any atom is 0.267 e. The van der Waals surface area contributed by atoms with Gasteiger partial charge in [0.25, 0.3) is 5.91 Å². The third-order valence-electron chi connectivity index (χ3n) is 4.71. The van der Waals surface area contributed by atoms with Crippen LogP contribution in [0.3, 0.4) is 0 Å². The largest absolute Gasteiger partial charge is 0.323 e. The van der Waals surface area contributed by atoms with Gasteiger partial charge in [-0.05, 0) is 23.8 Å². The monoisotopic (exact) mass is 345 g/mol. The highest BCUT2D eigenvalue weighted by molar-refractivity contribution is 8.16. The van der Waals surface area contributed by atoms with Crippen LogP contribution in [0.4, 0.5) is 5.69 Å². The predicted octanol–water partition coefficient (Wildman–Crippen LogP) is 3.95. The van der Waals surface area contributed by atoms with Crippen molar-refractivity contribution in [1.82, 2.24) is 5.43 Å². The number of fused-ring (bicyclic) bond motifs is 3. The molecule has 0 bridgehead atoms. The van der Waals surface area contributed by atoms with Gasteiger partial charge >= 0.3 is 0 Å². The molecule has 122 valence electrons. The molecule has 0 radical (unpaired) electrons. The van der Waals surface area contributed by atoms with E-state index < -0.39 is 4.87 Å². The Labute approximate surface area is 149 Å². The number of benzene rings is 3. The van der Waals surface area contributed by atoms with E-state index in [-0.39, 0.29) is 5.91 Å². The number of thioether (sulfide) groups is 1. The molecular weight excluding hydrogens is 330 g/mol. The van der Waals surface area contributed by atoms with E-state index >= 15 is 0 Å². The molecule has 2 N–H and O–H groups in total. The maximum absolute atomic E-state index is 12.7. The SMILES string of the molecule is Cc1ccc2c(c1)C1(NN=C(c3cccc4ccccc34)S1)C(=O)N2. The first-order chi connectivity index (χ1) is 12.2. The van der Waals surface area contributed by atoms with Gasteiger partial charge in [-0.3, -0.25) is 10.2 Å². The van der Waals surface area contributed by atoms with Gasteiger partial charge in [0.2, 0.25) is 4.87 Å². The highest BCUT2D eigenvalue weighted by Gasteiger charge is 2.52. The maximum atomic E-state index is 12.7. The van der Waals surface area contributed by atoms with E-state index in [0.717, 1.165) is 38.2 Å². The second kappa shape index (κ2) is 5.10. The molecular formula is C20H15N3OS. The van der Waals surface area contributed by atoms with Crippen LogP contribution in [0, 0.1) is 6.92 Å². The molecule has 0 aromatic heterocycles. The lowest BCUT2D eigenvalue weighted by molar-refractivity contribution is -0.118. The lowest BCUT2D eigenvalue weighted by atomic mass is 10.1. The molecule has 1 unspecified atom stereocenters. The standard InChI is InChI=1S/C20H15N3OS/c1-12-9-10-17-16(11-12)20(19(24)21-17)23-22-18(25-20)15-8-4-6-13-5-2-3-7-14(13)15/h2-11,23H,1H3,(H,21,24). The van der Waals surface area contributed by atoms with Crippen molar-refractivity contribution in [3.8, 4) is 0 Å². The molecule has 1 amide bonds. The van der Waals surface area contributed by atoms with Crippen LogP contribution in [0.5, 0.6) is 0 Å². The first kappa shape index (κ1) is 14.5. The Morgan fingerprint density at radius 3 is 2.80 bits per heavy atom. The Hall–Kier alpha value is -2.79. The zero-order valence-electron chi connectivity index (χ0n) is 13.5. The summed E-state index contributed by atoms with van der Waals surface area (Å²) in [6.07, 6.45) is 0. The molecule has 4 nitrogen and oxygen atoms in total. The summed E-state index contributed by atoms with van der Waals surface area (Å²) in [7, 11) is 0. The van der Waals surface area contributed by atoms with Gasteiger partial charge in [0.15, 0.2) is 0 Å². The fourth-order valence-electron chi connectivity index (χ4n) is 3.45. The van der Waals surface area contributed by atoms with Gasteiger partial charge in [-0.1, -0.05) is 71.9 Å². The molecule has 2 aliphatic heterocycles. The molecule has 1 atom stereocenters. The van der Waals surface area contributed by atoms with Crippen molar-refractivity contribution < 1.29 is 4.79 Å². The molecule has 0 fully saturated rings. The zero-order valence-corrected chi connectivity index (χ0v) is 14.4. The molecule has 0 saturated heterocycles. The lowest BCUT2D eigenvalue weighted by Crippen LogP contribution is -2.39. The molecule has 25 heavy (non-hydrogen) atoms. The number of rotatable bonds is 1. The van der Waals surface area contributed by atoms with Crippen molar-refractivity contribution >= 4 is 39.2 Å². The first-order valence-corrected chi connectivity index (χ1v) is 8.94. The minimum atomic E-state index is -0.881. The van der Waals surface area contributed by atoms with Crippen LogP contribution in [-0.2, 0) is 9.67 Å². The minimum absolute atomic E-state index is 0.0721. The van der Waals surface area contributed by atoms with E-state index in [1.165, 1.54) is 11.8 Å². The van der Waals surface area contributed by atoms with Crippen LogP contribution < -0.4 is 10.7 Å². The number of hydrogen-bond donors (Lipinski definition) is 2. The van der Waals surface area contributed by atoms with Gasteiger partial charge in [-0.2, -0.15) is 5.10 Å². The van der Waals surface area contributed by atoms with Gasteiger partial charge < -0.3 is 5.32 Å². The summed E-state index contributed by atoms with van der Waals surface area (Å²) in [5.74, 6) is -0.0721. The lowest BCUT2D eigenvalue weighted by Gasteiger charge is -2.20. The summed E-state index contributed by atoms with van der Waals surface area (Å²) in [6, 6.07) is 20.4. The highest BCUT2D eigenvalue weighted by Crippen LogP contribution is 2.48. The average molecular weight is 345 g/mol. The van der Waals surface area contributed by atoms with Crippen LogP contribution in [0.15, 0.2) is 65.8 Å². The molecule has 2 aliphatic rings. The van der Waals surface area contributed by atoms with Gasteiger partial charge in [0.1, 0.15) is 5.04 Å². The van der Waals surface area contributed by atoms with Gasteiger partial charge in [-0.25, -0.2) is 0 Å². The first-order valence-electron chi connectivity index (χ1n) is 8.12. The van der Waals surface area contributed by atoms with Crippen molar-refractivity contribution in [1.29, 1.82) is 0 Å². The average Bonchev–Trinajstić information content (AvgIpc) is 3.19. The molecule has 0 saturated carbocycles. The summed E-state index contributed by atoms with van der Waals surface area (Å²) in [6.45, 7) is 2.03. The van der Waals surface area contributed by atoms with Crippen LogP contribution in [0.2, 0.25) is 0 Å². The Morgan fingerprint density at radius 1 is 1.04 bits per heavy atom. The smallest absolute Gasteiger partial charge is 0.267 e.